The molecule has 46 heavy (non-hydrogen) atoms. The van der Waals surface area contributed by atoms with E-state index in [1.54, 1.807) is 39.0 Å². The van der Waals surface area contributed by atoms with Gasteiger partial charge in [-0.3, -0.25) is 14.5 Å². The van der Waals surface area contributed by atoms with Crippen molar-refractivity contribution in [1.82, 2.24) is 9.80 Å². The monoisotopic (exact) mass is 652 g/mol. The molecule has 11 nitrogen and oxygen atoms in total. The molecule has 0 saturated carbocycles. The first-order valence-electron chi connectivity index (χ1n) is 14.4. The molecule has 2 N–H and O–H groups in total. The predicted molar refractivity (Wildman–Crippen MR) is 157 cm³/mol. The van der Waals surface area contributed by atoms with E-state index in [-0.39, 0.29) is 44.3 Å². The average molecular weight is 653 g/mol. The number of benzene rings is 2. The lowest BCUT2D eigenvalue weighted by molar-refractivity contribution is -0.151. The molecule has 0 aromatic heterocycles. The minimum absolute atomic E-state index is 0.0737. The Labute approximate surface area is 263 Å². The van der Waals surface area contributed by atoms with E-state index < -0.39 is 59.1 Å². The fourth-order valence-electron chi connectivity index (χ4n) is 5.45. The predicted octanol–water partition coefficient (Wildman–Crippen LogP) is 4.55. The Balaban J connectivity index is 1.48. The second-order valence-electron chi connectivity index (χ2n) is 12.3. The summed E-state index contributed by atoms with van der Waals surface area (Å²) >= 11 is 0. The van der Waals surface area contributed by atoms with Crippen molar-refractivity contribution in [1.29, 1.82) is 0 Å². The number of nitrogens with one attached hydrogen (secondary N) is 2. The van der Waals surface area contributed by atoms with Crippen LogP contribution >= 0.6 is 0 Å². The van der Waals surface area contributed by atoms with E-state index in [2.05, 4.69) is 10.6 Å². The summed E-state index contributed by atoms with van der Waals surface area (Å²) < 4.78 is 69.6. The zero-order valence-corrected chi connectivity index (χ0v) is 26.0. The summed E-state index contributed by atoms with van der Waals surface area (Å²) in [6.45, 7) is 5.11. The zero-order valence-electron chi connectivity index (χ0n) is 26.0. The molecule has 2 heterocycles. The number of hydrogen-bond donors (Lipinski definition) is 2. The fourth-order valence-corrected chi connectivity index (χ4v) is 5.45. The molecule has 2 aromatic rings. The van der Waals surface area contributed by atoms with E-state index >= 15 is 0 Å². The number of carbonyl (C=O) groups is 4. The van der Waals surface area contributed by atoms with Crippen molar-refractivity contribution in [2.24, 2.45) is 5.41 Å². The number of hydrogen-bond acceptors (Lipinski definition) is 8. The minimum Gasteiger partial charge on any atom is -0.467 e. The Kier molecular flexibility index (Phi) is 10.1. The van der Waals surface area contributed by atoms with Crippen LogP contribution < -0.4 is 10.6 Å². The van der Waals surface area contributed by atoms with E-state index in [4.69, 9.17) is 14.2 Å². The Morgan fingerprint density at radius 2 is 1.67 bits per heavy atom. The number of esters is 1. The molecule has 2 aliphatic rings. The van der Waals surface area contributed by atoms with Crippen LogP contribution in [0.1, 0.15) is 43.9 Å². The maximum atomic E-state index is 14.1. The van der Waals surface area contributed by atoms with Gasteiger partial charge in [0.15, 0.2) is 0 Å². The standard InChI is InChI=1S/C31H36F4N4O7/c1-30(2,3)26(37-22-10-19(31(33,34)35)9-20(32)11-22)27(41)39-15-23(12-24(39)28(42)45-5)46-29(43)38-13-17-6-7-21(8-18(17)14-38)36-25(40)16-44-4/h6-11,23-24,26,37H,12-16H2,1-5H3,(H,36,40)/t23-,24+,26-/m1/s1. The quantitative estimate of drug-likeness (QED) is 0.314. The number of alkyl halides is 3. The normalized spacial score (nSPS) is 18.5. The zero-order chi connectivity index (χ0) is 34.0. The molecule has 2 aromatic carbocycles. The Bertz CT molecular complexity index is 1490. The molecule has 1 saturated heterocycles. The number of likely N-dealkylation sites (tertiary alicyclic amines) is 1. The lowest BCUT2D eigenvalue weighted by Crippen LogP contribution is -2.53. The van der Waals surface area contributed by atoms with Crippen LogP contribution in [0.25, 0.3) is 0 Å². The van der Waals surface area contributed by atoms with Gasteiger partial charge in [-0.25, -0.2) is 14.0 Å². The maximum absolute atomic E-state index is 14.1. The molecular formula is C31H36F4N4O7. The SMILES string of the molecule is COCC(=O)Nc1ccc2c(c1)CN(C(=O)O[C@@H]1C[C@@H](C(=O)OC)N(C(=O)[C@@H](Nc3cc(F)cc(C(F)(F)F)c3)C(C)(C)C)C1)C2. The largest absolute Gasteiger partial charge is 0.467 e. The number of halogens is 4. The number of carbonyl (C=O) groups excluding carboxylic acids is 4. The van der Waals surface area contributed by atoms with Crippen LogP contribution in [-0.2, 0) is 47.9 Å². The van der Waals surface area contributed by atoms with Crippen LogP contribution in [0.15, 0.2) is 36.4 Å². The van der Waals surface area contributed by atoms with Gasteiger partial charge in [0, 0.05) is 38.0 Å². The number of anilines is 2. The third kappa shape index (κ3) is 8.05. The number of methoxy groups -OCH3 is 2. The molecule has 0 unspecified atom stereocenters. The first-order valence-corrected chi connectivity index (χ1v) is 14.4. The van der Waals surface area contributed by atoms with Crippen molar-refractivity contribution < 1.29 is 51.0 Å². The lowest BCUT2D eigenvalue weighted by atomic mass is 9.85. The molecule has 2 aliphatic heterocycles. The van der Waals surface area contributed by atoms with Crippen molar-refractivity contribution in [2.75, 3.05) is 38.0 Å². The van der Waals surface area contributed by atoms with Gasteiger partial charge < -0.3 is 29.7 Å². The summed E-state index contributed by atoms with van der Waals surface area (Å²) in [7, 11) is 2.55. The van der Waals surface area contributed by atoms with Crippen LogP contribution in [0.4, 0.5) is 33.7 Å². The van der Waals surface area contributed by atoms with Gasteiger partial charge >= 0.3 is 18.2 Å². The van der Waals surface area contributed by atoms with Crippen LogP contribution in [0.5, 0.6) is 0 Å². The molecule has 0 spiro atoms. The average Bonchev–Trinajstić information content (AvgIpc) is 3.58. The molecule has 0 aliphatic carbocycles. The Morgan fingerprint density at radius 1 is 0.978 bits per heavy atom. The highest BCUT2D eigenvalue weighted by Crippen LogP contribution is 2.35. The van der Waals surface area contributed by atoms with Crippen molar-refractivity contribution >= 4 is 35.3 Å². The van der Waals surface area contributed by atoms with Gasteiger partial charge in [-0.2, -0.15) is 13.2 Å². The lowest BCUT2D eigenvalue weighted by Gasteiger charge is -2.35. The number of amides is 3. The fraction of sp³-hybridized carbons (Fsp3) is 0.484. The molecular weight excluding hydrogens is 616 g/mol. The van der Waals surface area contributed by atoms with Crippen LogP contribution in [0.3, 0.4) is 0 Å². The summed E-state index contributed by atoms with van der Waals surface area (Å²) in [5, 5.41) is 5.43. The van der Waals surface area contributed by atoms with E-state index in [1.165, 1.54) is 16.9 Å². The van der Waals surface area contributed by atoms with Gasteiger partial charge in [0.1, 0.15) is 30.6 Å². The minimum atomic E-state index is -4.82. The third-order valence-electron chi connectivity index (χ3n) is 7.68. The second-order valence-corrected chi connectivity index (χ2v) is 12.3. The highest BCUT2D eigenvalue weighted by Gasteiger charge is 2.47. The van der Waals surface area contributed by atoms with E-state index in [0.29, 0.717) is 17.8 Å². The van der Waals surface area contributed by atoms with Gasteiger partial charge in [0.05, 0.1) is 19.2 Å². The van der Waals surface area contributed by atoms with Gasteiger partial charge in [-0.1, -0.05) is 26.8 Å². The first kappa shape index (κ1) is 34.5. The van der Waals surface area contributed by atoms with Crippen molar-refractivity contribution in [2.45, 2.75) is 64.6 Å². The molecule has 0 bridgehead atoms. The summed E-state index contributed by atoms with van der Waals surface area (Å²) in [5.74, 6) is -2.91. The maximum Gasteiger partial charge on any atom is 0.416 e. The van der Waals surface area contributed by atoms with E-state index in [1.807, 2.05) is 0 Å². The second kappa shape index (κ2) is 13.5. The number of nitrogens with zero attached hydrogens (tertiary/aromatic N) is 2. The Hall–Kier alpha value is -4.40. The molecule has 250 valence electrons. The summed E-state index contributed by atoms with van der Waals surface area (Å²) in [4.78, 5) is 54.3. The Morgan fingerprint density at radius 3 is 2.30 bits per heavy atom. The van der Waals surface area contributed by atoms with E-state index in [9.17, 15) is 36.7 Å². The molecule has 4 rings (SSSR count). The van der Waals surface area contributed by atoms with Crippen LogP contribution in [-0.4, -0.2) is 79.2 Å². The van der Waals surface area contributed by atoms with Crippen LogP contribution in [0.2, 0.25) is 0 Å². The van der Waals surface area contributed by atoms with Gasteiger partial charge in [-0.15, -0.1) is 0 Å². The van der Waals surface area contributed by atoms with Crippen LogP contribution in [0, 0.1) is 11.2 Å². The molecule has 15 heteroatoms. The van der Waals surface area contributed by atoms with E-state index in [0.717, 1.165) is 24.3 Å². The smallest absolute Gasteiger partial charge is 0.416 e. The van der Waals surface area contributed by atoms with Gasteiger partial charge in [0.2, 0.25) is 11.8 Å². The molecule has 3 amide bonds. The molecule has 1 fully saturated rings. The van der Waals surface area contributed by atoms with Gasteiger partial charge in [0.25, 0.3) is 0 Å². The summed E-state index contributed by atoms with van der Waals surface area (Å²) in [5.41, 5.74) is -0.230. The van der Waals surface area contributed by atoms with Crippen molar-refractivity contribution in [3.05, 3.63) is 58.9 Å². The topological polar surface area (TPSA) is 127 Å². The highest BCUT2D eigenvalue weighted by atomic mass is 19.4. The molecule has 3 atom stereocenters. The first-order chi connectivity index (χ1) is 21.5. The molecule has 0 radical (unpaired) electrons. The summed E-state index contributed by atoms with van der Waals surface area (Å²) in [6.07, 6.45) is -6.48. The highest BCUT2D eigenvalue weighted by molar-refractivity contribution is 5.92. The number of fused-ring (bicyclic) bond motifs is 1. The van der Waals surface area contributed by atoms with Gasteiger partial charge in [-0.05, 0) is 46.9 Å². The summed E-state index contributed by atoms with van der Waals surface area (Å²) in [6, 6.07) is 4.78. The van der Waals surface area contributed by atoms with Crippen molar-refractivity contribution in [3.63, 3.8) is 0 Å². The third-order valence-corrected chi connectivity index (χ3v) is 7.68. The number of ether oxygens (including phenoxy) is 3. The number of rotatable bonds is 8. The van der Waals surface area contributed by atoms with Crippen molar-refractivity contribution in [3.8, 4) is 0 Å².